The van der Waals surface area contributed by atoms with Crippen molar-refractivity contribution in [1.82, 2.24) is 5.32 Å². The van der Waals surface area contributed by atoms with Gasteiger partial charge in [-0.25, -0.2) is 4.79 Å². The van der Waals surface area contributed by atoms with Crippen LogP contribution in [0, 0.1) is 18.3 Å². The largest absolute Gasteiger partial charge is 0.334 e. The topological polar surface area (TPSA) is 82.0 Å². The average Bonchev–Trinajstić information content (AvgIpc) is 2.90. The molecule has 1 fully saturated rings. The molecular formula is C30H33N3O2. The summed E-state index contributed by atoms with van der Waals surface area (Å²) in [5.41, 5.74) is 5.36. The van der Waals surface area contributed by atoms with Crippen LogP contribution in [0.2, 0.25) is 0 Å². The number of hydrogen-bond acceptors (Lipinski definition) is 3. The molecule has 0 radical (unpaired) electrons. The first-order chi connectivity index (χ1) is 17.0. The van der Waals surface area contributed by atoms with E-state index in [0.29, 0.717) is 17.8 Å². The number of nitriles is 1. The predicted octanol–water partition coefficient (Wildman–Crippen LogP) is 7.13. The van der Waals surface area contributed by atoms with Gasteiger partial charge >= 0.3 is 6.03 Å². The molecule has 3 aromatic rings. The van der Waals surface area contributed by atoms with E-state index in [-0.39, 0.29) is 11.8 Å². The lowest BCUT2D eigenvalue weighted by Gasteiger charge is -2.21. The number of nitrogens with zero attached hydrogens (tertiary/aromatic N) is 1. The van der Waals surface area contributed by atoms with Crippen molar-refractivity contribution in [2.45, 2.75) is 58.4 Å². The highest BCUT2D eigenvalue weighted by atomic mass is 16.2. The number of anilines is 1. The number of ketones is 1. The third-order valence-corrected chi connectivity index (χ3v) is 6.30. The number of Topliss-reactive ketones (excluding diaryl/α,β-unsaturated/α-hetero) is 1. The van der Waals surface area contributed by atoms with Gasteiger partial charge in [0.2, 0.25) is 0 Å². The van der Waals surface area contributed by atoms with Gasteiger partial charge in [-0.2, -0.15) is 5.26 Å². The molecule has 2 amide bonds. The summed E-state index contributed by atoms with van der Waals surface area (Å²) in [6, 6.07) is 24.9. The molecule has 1 aliphatic rings. The van der Waals surface area contributed by atoms with Crippen LogP contribution in [0.4, 0.5) is 10.5 Å². The van der Waals surface area contributed by atoms with Gasteiger partial charge in [0.25, 0.3) is 0 Å². The number of amides is 2. The van der Waals surface area contributed by atoms with Crippen molar-refractivity contribution in [2.24, 2.45) is 0 Å². The summed E-state index contributed by atoms with van der Waals surface area (Å²) >= 11 is 0. The Morgan fingerprint density at radius 3 is 2.26 bits per heavy atom. The lowest BCUT2D eigenvalue weighted by atomic mass is 9.84. The van der Waals surface area contributed by atoms with Crippen LogP contribution in [-0.4, -0.2) is 11.8 Å². The number of hydrogen-bond donors (Lipinski definition) is 2. The number of rotatable bonds is 5. The summed E-state index contributed by atoms with van der Waals surface area (Å²) in [6.45, 7) is 3.85. The average molecular weight is 468 g/mol. The maximum Gasteiger partial charge on any atom is 0.319 e. The highest BCUT2D eigenvalue weighted by molar-refractivity contribution is 5.97. The van der Waals surface area contributed by atoms with E-state index in [9.17, 15) is 9.59 Å². The van der Waals surface area contributed by atoms with E-state index in [2.05, 4.69) is 28.8 Å². The SMILES string of the molecule is CC(=O)c1ccc(C)c(NC(=O)NCc2ccccc2)c1.N#Cc1ccc(C2CCCCC2)cc1. The van der Waals surface area contributed by atoms with Crippen LogP contribution in [0.5, 0.6) is 0 Å². The molecule has 1 aliphatic carbocycles. The smallest absolute Gasteiger partial charge is 0.319 e. The molecule has 4 rings (SSSR count). The Kier molecular flexibility index (Phi) is 9.62. The maximum atomic E-state index is 11.9. The fraction of sp³-hybridized carbons (Fsp3) is 0.300. The van der Waals surface area contributed by atoms with Crippen LogP contribution in [0.3, 0.4) is 0 Å². The molecule has 5 nitrogen and oxygen atoms in total. The van der Waals surface area contributed by atoms with Crippen LogP contribution in [0.25, 0.3) is 0 Å². The van der Waals surface area contributed by atoms with Crippen molar-refractivity contribution in [1.29, 1.82) is 5.26 Å². The molecule has 0 spiro atoms. The minimum atomic E-state index is -0.289. The monoisotopic (exact) mass is 467 g/mol. The van der Waals surface area contributed by atoms with Crippen molar-refractivity contribution < 1.29 is 9.59 Å². The molecule has 35 heavy (non-hydrogen) atoms. The van der Waals surface area contributed by atoms with Gasteiger partial charge in [-0.1, -0.05) is 73.9 Å². The number of aryl methyl sites for hydroxylation is 1. The fourth-order valence-corrected chi connectivity index (χ4v) is 4.19. The van der Waals surface area contributed by atoms with E-state index in [1.165, 1.54) is 44.6 Å². The lowest BCUT2D eigenvalue weighted by molar-refractivity contribution is 0.101. The van der Waals surface area contributed by atoms with Crippen molar-refractivity contribution in [3.05, 3.63) is 101 Å². The summed E-state index contributed by atoms with van der Waals surface area (Å²) in [6.07, 6.45) is 6.78. The molecule has 0 saturated heterocycles. The Morgan fingerprint density at radius 2 is 1.63 bits per heavy atom. The van der Waals surface area contributed by atoms with Crippen molar-refractivity contribution in [3.63, 3.8) is 0 Å². The highest BCUT2D eigenvalue weighted by Gasteiger charge is 2.14. The molecule has 0 atom stereocenters. The van der Waals surface area contributed by atoms with Crippen LogP contribution in [0.15, 0.2) is 72.8 Å². The number of nitrogens with one attached hydrogen (secondary N) is 2. The third-order valence-electron chi connectivity index (χ3n) is 6.30. The second-order valence-electron chi connectivity index (χ2n) is 8.95. The first-order valence-corrected chi connectivity index (χ1v) is 12.2. The van der Waals surface area contributed by atoms with Crippen molar-refractivity contribution >= 4 is 17.5 Å². The molecular weight excluding hydrogens is 434 g/mol. The number of carbonyl (C=O) groups excluding carboxylic acids is 2. The molecule has 0 aromatic heterocycles. The predicted molar refractivity (Wildman–Crippen MR) is 140 cm³/mol. The minimum Gasteiger partial charge on any atom is -0.334 e. The molecule has 1 saturated carbocycles. The molecule has 0 aliphatic heterocycles. The molecule has 0 bridgehead atoms. The molecule has 3 aromatic carbocycles. The fourth-order valence-electron chi connectivity index (χ4n) is 4.19. The van der Waals surface area contributed by atoms with Gasteiger partial charge < -0.3 is 10.6 Å². The first-order valence-electron chi connectivity index (χ1n) is 12.2. The van der Waals surface area contributed by atoms with E-state index in [4.69, 9.17) is 5.26 Å². The lowest BCUT2D eigenvalue weighted by Crippen LogP contribution is -2.28. The van der Waals surface area contributed by atoms with Gasteiger partial charge in [-0.05, 0) is 67.5 Å². The third kappa shape index (κ3) is 8.12. The van der Waals surface area contributed by atoms with Crippen molar-refractivity contribution in [3.8, 4) is 6.07 Å². The first kappa shape index (κ1) is 25.7. The molecule has 0 heterocycles. The van der Waals surface area contributed by atoms with Gasteiger partial charge in [0.15, 0.2) is 5.78 Å². The Labute approximate surface area is 208 Å². The van der Waals surface area contributed by atoms with Crippen LogP contribution < -0.4 is 10.6 Å². The number of benzene rings is 3. The van der Waals surface area contributed by atoms with Gasteiger partial charge in [0, 0.05) is 17.8 Å². The Bertz CT molecular complexity index is 1160. The summed E-state index contributed by atoms with van der Waals surface area (Å²) in [5.74, 6) is 0.722. The number of carbonyl (C=O) groups is 2. The van der Waals surface area contributed by atoms with Gasteiger partial charge in [0.05, 0.1) is 11.6 Å². The zero-order valence-electron chi connectivity index (χ0n) is 20.5. The van der Waals surface area contributed by atoms with Crippen molar-refractivity contribution in [2.75, 3.05) is 5.32 Å². The quantitative estimate of drug-likeness (QED) is 0.392. The molecule has 2 N–H and O–H groups in total. The zero-order valence-corrected chi connectivity index (χ0v) is 20.5. The Morgan fingerprint density at radius 1 is 0.943 bits per heavy atom. The Balaban J connectivity index is 0.000000211. The van der Waals surface area contributed by atoms with E-state index in [1.54, 1.807) is 12.1 Å². The molecule has 0 unspecified atom stereocenters. The Hall–Kier alpha value is -3.91. The second-order valence-corrected chi connectivity index (χ2v) is 8.95. The molecule has 180 valence electrons. The normalized spacial score (nSPS) is 13.1. The van der Waals surface area contributed by atoms with Gasteiger partial charge in [-0.3, -0.25) is 4.79 Å². The van der Waals surface area contributed by atoms with Crippen LogP contribution in [0.1, 0.15) is 77.6 Å². The van der Waals surface area contributed by atoms with Gasteiger partial charge in [-0.15, -0.1) is 0 Å². The summed E-state index contributed by atoms with van der Waals surface area (Å²) < 4.78 is 0. The van der Waals surface area contributed by atoms with E-state index in [0.717, 1.165) is 22.6 Å². The van der Waals surface area contributed by atoms with Crippen LogP contribution >= 0.6 is 0 Å². The summed E-state index contributed by atoms with van der Waals surface area (Å²) in [5, 5.41) is 14.3. The molecule has 5 heteroatoms. The summed E-state index contributed by atoms with van der Waals surface area (Å²) in [4.78, 5) is 23.3. The highest BCUT2D eigenvalue weighted by Crippen LogP contribution is 2.32. The summed E-state index contributed by atoms with van der Waals surface area (Å²) in [7, 11) is 0. The number of urea groups is 1. The van der Waals surface area contributed by atoms with Crippen LogP contribution in [-0.2, 0) is 6.54 Å². The standard InChI is InChI=1S/C17H18N2O2.C13H15N/c1-12-8-9-15(13(2)20)10-16(12)19-17(21)18-11-14-6-4-3-5-7-14;14-10-11-6-8-13(9-7-11)12-4-2-1-3-5-12/h3-10H,11H2,1-2H3,(H2,18,19,21);6-9,12H,1-5H2. The maximum absolute atomic E-state index is 11.9. The second kappa shape index (κ2) is 13.1. The zero-order chi connectivity index (χ0) is 25.0. The van der Waals surface area contributed by atoms with E-state index < -0.39 is 0 Å². The van der Waals surface area contributed by atoms with E-state index in [1.807, 2.05) is 55.5 Å². The van der Waals surface area contributed by atoms with Gasteiger partial charge in [0.1, 0.15) is 0 Å². The minimum absolute atomic E-state index is 0.0252. The van der Waals surface area contributed by atoms with E-state index >= 15 is 0 Å².